The van der Waals surface area contributed by atoms with Gasteiger partial charge in [0.25, 0.3) is 0 Å². The Morgan fingerprint density at radius 1 is 1.37 bits per heavy atom. The van der Waals surface area contributed by atoms with E-state index < -0.39 is 0 Å². The number of hydrogen-bond donors (Lipinski definition) is 1. The Bertz CT molecular complexity index is 574. The van der Waals surface area contributed by atoms with Gasteiger partial charge in [-0.25, -0.2) is 0 Å². The first kappa shape index (κ1) is 13.6. The third kappa shape index (κ3) is 2.49. The minimum absolute atomic E-state index is 0.379. The van der Waals surface area contributed by atoms with E-state index in [9.17, 15) is 0 Å². The van der Waals surface area contributed by atoms with Crippen molar-refractivity contribution < 1.29 is 9.26 Å². The summed E-state index contributed by atoms with van der Waals surface area (Å²) in [5, 5.41) is 4.12. The van der Waals surface area contributed by atoms with E-state index >= 15 is 0 Å². The lowest BCUT2D eigenvalue weighted by Crippen LogP contribution is -2.00. The Hall–Kier alpha value is -1.81. The van der Waals surface area contributed by atoms with Gasteiger partial charge in [-0.05, 0) is 36.6 Å². The summed E-state index contributed by atoms with van der Waals surface area (Å²) in [6.45, 7) is 6.58. The molecule has 0 saturated carbocycles. The first-order valence-corrected chi connectivity index (χ1v) is 6.42. The number of aromatic nitrogens is 1. The standard InChI is InChI=1S/C15H20N2O2/c1-9(2)12-7-11(5-6-14(12)18-4)15-13(8-16)10(3)19-17-15/h5-7,9H,8,16H2,1-4H3. The van der Waals surface area contributed by atoms with Gasteiger partial charge >= 0.3 is 0 Å². The number of nitrogens with two attached hydrogens (primary N) is 1. The summed E-state index contributed by atoms with van der Waals surface area (Å²) in [7, 11) is 1.69. The zero-order valence-electron chi connectivity index (χ0n) is 11.9. The summed E-state index contributed by atoms with van der Waals surface area (Å²) in [5.41, 5.74) is 9.72. The molecule has 2 N–H and O–H groups in total. The maximum absolute atomic E-state index is 5.76. The zero-order chi connectivity index (χ0) is 14.0. The molecule has 19 heavy (non-hydrogen) atoms. The molecule has 0 fully saturated rings. The van der Waals surface area contributed by atoms with Crippen LogP contribution in [0.3, 0.4) is 0 Å². The van der Waals surface area contributed by atoms with E-state index in [-0.39, 0.29) is 0 Å². The molecule has 0 bridgehead atoms. The number of ether oxygens (including phenoxy) is 1. The molecule has 0 saturated heterocycles. The fourth-order valence-corrected chi connectivity index (χ4v) is 2.19. The molecule has 1 aromatic carbocycles. The zero-order valence-corrected chi connectivity index (χ0v) is 11.9. The highest BCUT2D eigenvalue weighted by molar-refractivity contribution is 5.66. The van der Waals surface area contributed by atoms with Crippen LogP contribution in [0.1, 0.15) is 36.7 Å². The second-order valence-electron chi connectivity index (χ2n) is 4.88. The third-order valence-corrected chi connectivity index (χ3v) is 3.31. The molecule has 0 aliphatic heterocycles. The van der Waals surface area contributed by atoms with Crippen LogP contribution in [0, 0.1) is 6.92 Å². The molecule has 0 radical (unpaired) electrons. The van der Waals surface area contributed by atoms with Crippen LogP contribution in [0.5, 0.6) is 5.75 Å². The second-order valence-corrected chi connectivity index (χ2v) is 4.88. The average molecular weight is 260 g/mol. The molecular formula is C15H20N2O2. The van der Waals surface area contributed by atoms with Gasteiger partial charge in [0.2, 0.25) is 0 Å². The summed E-state index contributed by atoms with van der Waals surface area (Å²) < 4.78 is 10.6. The van der Waals surface area contributed by atoms with Gasteiger partial charge in [0, 0.05) is 17.7 Å². The van der Waals surface area contributed by atoms with E-state index in [1.165, 1.54) is 0 Å². The molecule has 0 atom stereocenters. The van der Waals surface area contributed by atoms with Gasteiger partial charge in [0.1, 0.15) is 17.2 Å². The van der Waals surface area contributed by atoms with Gasteiger partial charge in [-0.1, -0.05) is 19.0 Å². The molecule has 0 spiro atoms. The number of methoxy groups -OCH3 is 1. The van der Waals surface area contributed by atoms with Gasteiger partial charge in [-0.2, -0.15) is 0 Å². The van der Waals surface area contributed by atoms with Crippen molar-refractivity contribution in [1.82, 2.24) is 5.16 Å². The lowest BCUT2D eigenvalue weighted by molar-refractivity contribution is 0.398. The summed E-state index contributed by atoms with van der Waals surface area (Å²) in [6.07, 6.45) is 0. The van der Waals surface area contributed by atoms with Crippen molar-refractivity contribution in [1.29, 1.82) is 0 Å². The minimum Gasteiger partial charge on any atom is -0.496 e. The van der Waals surface area contributed by atoms with Gasteiger partial charge in [0.15, 0.2) is 0 Å². The molecular weight excluding hydrogens is 240 g/mol. The van der Waals surface area contributed by atoms with Crippen molar-refractivity contribution in [2.45, 2.75) is 33.2 Å². The Kier molecular flexibility index (Phi) is 3.90. The first-order valence-electron chi connectivity index (χ1n) is 6.42. The van der Waals surface area contributed by atoms with Crippen molar-refractivity contribution in [3.63, 3.8) is 0 Å². The van der Waals surface area contributed by atoms with E-state index in [4.69, 9.17) is 15.0 Å². The highest BCUT2D eigenvalue weighted by atomic mass is 16.5. The largest absolute Gasteiger partial charge is 0.496 e. The maximum atomic E-state index is 5.76. The van der Waals surface area contributed by atoms with Crippen LogP contribution < -0.4 is 10.5 Å². The van der Waals surface area contributed by atoms with Crippen LogP contribution >= 0.6 is 0 Å². The summed E-state index contributed by atoms with van der Waals surface area (Å²) in [6, 6.07) is 6.05. The van der Waals surface area contributed by atoms with E-state index in [0.717, 1.165) is 33.9 Å². The highest BCUT2D eigenvalue weighted by Gasteiger charge is 2.16. The van der Waals surface area contributed by atoms with E-state index in [1.807, 2.05) is 19.1 Å². The van der Waals surface area contributed by atoms with E-state index in [1.54, 1.807) is 7.11 Å². The molecule has 102 valence electrons. The number of rotatable bonds is 4. The monoisotopic (exact) mass is 260 g/mol. The summed E-state index contributed by atoms with van der Waals surface area (Å²) >= 11 is 0. The Morgan fingerprint density at radius 2 is 2.11 bits per heavy atom. The molecule has 4 nitrogen and oxygen atoms in total. The third-order valence-electron chi connectivity index (χ3n) is 3.31. The van der Waals surface area contributed by atoms with Crippen LogP contribution in [0.2, 0.25) is 0 Å². The van der Waals surface area contributed by atoms with Crippen LogP contribution in [-0.4, -0.2) is 12.3 Å². The van der Waals surface area contributed by atoms with Crippen molar-refractivity contribution in [3.8, 4) is 17.0 Å². The molecule has 2 aromatic rings. The van der Waals surface area contributed by atoms with Crippen LogP contribution in [0.15, 0.2) is 22.7 Å². The Labute approximate surface area is 113 Å². The molecule has 4 heteroatoms. The number of nitrogens with zero attached hydrogens (tertiary/aromatic N) is 1. The number of hydrogen-bond acceptors (Lipinski definition) is 4. The molecule has 2 rings (SSSR count). The number of benzene rings is 1. The fourth-order valence-electron chi connectivity index (χ4n) is 2.19. The van der Waals surface area contributed by atoms with Crippen molar-refractivity contribution in [3.05, 3.63) is 35.1 Å². The van der Waals surface area contributed by atoms with E-state index in [0.29, 0.717) is 12.5 Å². The lowest BCUT2D eigenvalue weighted by atomic mass is 9.97. The average Bonchev–Trinajstić information content (AvgIpc) is 2.78. The Morgan fingerprint density at radius 3 is 2.68 bits per heavy atom. The van der Waals surface area contributed by atoms with Crippen molar-refractivity contribution in [2.24, 2.45) is 5.73 Å². The second kappa shape index (κ2) is 5.45. The minimum atomic E-state index is 0.379. The number of aryl methyl sites for hydroxylation is 1. The summed E-state index contributed by atoms with van der Waals surface area (Å²) in [4.78, 5) is 0. The molecule has 0 aliphatic carbocycles. The van der Waals surface area contributed by atoms with Crippen molar-refractivity contribution >= 4 is 0 Å². The van der Waals surface area contributed by atoms with Crippen LogP contribution in [0.25, 0.3) is 11.3 Å². The van der Waals surface area contributed by atoms with Gasteiger partial charge in [-0.15, -0.1) is 0 Å². The molecule has 1 heterocycles. The van der Waals surface area contributed by atoms with E-state index in [2.05, 4.69) is 25.1 Å². The lowest BCUT2D eigenvalue weighted by Gasteiger charge is -2.13. The van der Waals surface area contributed by atoms with Crippen LogP contribution in [-0.2, 0) is 6.54 Å². The molecule has 0 amide bonds. The van der Waals surface area contributed by atoms with Gasteiger partial charge in [0.05, 0.1) is 7.11 Å². The normalized spacial score (nSPS) is 11.1. The quantitative estimate of drug-likeness (QED) is 0.916. The topological polar surface area (TPSA) is 61.3 Å². The van der Waals surface area contributed by atoms with Gasteiger partial charge in [-0.3, -0.25) is 0 Å². The fraction of sp³-hybridized carbons (Fsp3) is 0.400. The van der Waals surface area contributed by atoms with Crippen molar-refractivity contribution in [2.75, 3.05) is 7.11 Å². The Balaban J connectivity index is 2.54. The highest BCUT2D eigenvalue weighted by Crippen LogP contribution is 2.32. The molecule has 0 unspecified atom stereocenters. The molecule has 1 aromatic heterocycles. The predicted octanol–water partition coefficient (Wildman–Crippen LogP) is 3.24. The van der Waals surface area contributed by atoms with Gasteiger partial charge < -0.3 is 15.0 Å². The maximum Gasteiger partial charge on any atom is 0.138 e. The predicted molar refractivity (Wildman–Crippen MR) is 75.2 cm³/mol. The first-order chi connectivity index (χ1) is 9.08. The smallest absolute Gasteiger partial charge is 0.138 e. The van der Waals surface area contributed by atoms with Crippen LogP contribution in [0.4, 0.5) is 0 Å². The SMILES string of the molecule is COc1ccc(-c2noc(C)c2CN)cc1C(C)C. The molecule has 0 aliphatic rings. The summed E-state index contributed by atoms with van der Waals surface area (Å²) in [5.74, 6) is 2.05.